The number of hydrogen-bond donors (Lipinski definition) is 1. The highest BCUT2D eigenvalue weighted by Gasteiger charge is 2.27. The lowest BCUT2D eigenvalue weighted by molar-refractivity contribution is 0.240. The molecule has 1 aromatic carbocycles. The predicted molar refractivity (Wildman–Crippen MR) is 76.3 cm³/mol. The Morgan fingerprint density at radius 3 is 2.82 bits per heavy atom. The SMILES string of the molecule is CN(CC1CC1)C(CN)c1cc(Br)ccc1Cl. The van der Waals surface area contributed by atoms with Crippen LogP contribution in [0.5, 0.6) is 0 Å². The number of halogens is 2. The molecule has 0 spiro atoms. The molecule has 0 amide bonds. The van der Waals surface area contributed by atoms with Crippen molar-refractivity contribution in [2.24, 2.45) is 11.7 Å². The first kappa shape index (κ1) is 13.3. The molecule has 2 nitrogen and oxygen atoms in total. The minimum Gasteiger partial charge on any atom is -0.329 e. The maximum Gasteiger partial charge on any atom is 0.0482 e. The number of rotatable bonds is 5. The van der Waals surface area contributed by atoms with Gasteiger partial charge in [0.2, 0.25) is 0 Å². The third-order valence-corrected chi connectivity index (χ3v) is 4.15. The highest BCUT2D eigenvalue weighted by atomic mass is 79.9. The standard InChI is InChI=1S/C13H18BrClN2/c1-17(8-9-2-3-9)13(7-16)11-6-10(14)4-5-12(11)15/h4-6,9,13H,2-3,7-8,16H2,1H3. The van der Waals surface area contributed by atoms with Crippen molar-refractivity contribution in [1.29, 1.82) is 0 Å². The lowest BCUT2D eigenvalue weighted by Gasteiger charge is -2.28. The summed E-state index contributed by atoms with van der Waals surface area (Å²) in [6, 6.07) is 6.17. The van der Waals surface area contributed by atoms with E-state index >= 15 is 0 Å². The van der Waals surface area contributed by atoms with Gasteiger partial charge >= 0.3 is 0 Å². The van der Waals surface area contributed by atoms with Gasteiger partial charge in [0, 0.05) is 28.6 Å². The lowest BCUT2D eigenvalue weighted by atomic mass is 10.1. The zero-order valence-electron chi connectivity index (χ0n) is 10.00. The Labute approximate surface area is 116 Å². The van der Waals surface area contributed by atoms with E-state index < -0.39 is 0 Å². The molecule has 1 aliphatic carbocycles. The monoisotopic (exact) mass is 316 g/mol. The van der Waals surface area contributed by atoms with Gasteiger partial charge in [-0.3, -0.25) is 4.90 Å². The first-order chi connectivity index (χ1) is 8.11. The first-order valence-electron chi connectivity index (χ1n) is 5.97. The average Bonchev–Trinajstić information content (AvgIpc) is 3.08. The number of likely N-dealkylation sites (N-methyl/N-ethyl adjacent to an activating group) is 1. The molecule has 2 N–H and O–H groups in total. The first-order valence-corrected chi connectivity index (χ1v) is 7.14. The van der Waals surface area contributed by atoms with Crippen LogP contribution in [0.15, 0.2) is 22.7 Å². The molecule has 0 aliphatic heterocycles. The summed E-state index contributed by atoms with van der Waals surface area (Å²) < 4.78 is 1.05. The molecular weight excluding hydrogens is 300 g/mol. The van der Waals surface area contributed by atoms with Crippen LogP contribution in [-0.2, 0) is 0 Å². The maximum absolute atomic E-state index is 6.26. The molecule has 0 aromatic heterocycles. The van der Waals surface area contributed by atoms with E-state index in [1.165, 1.54) is 12.8 Å². The van der Waals surface area contributed by atoms with Crippen molar-refractivity contribution in [3.63, 3.8) is 0 Å². The molecule has 4 heteroatoms. The van der Waals surface area contributed by atoms with Crippen molar-refractivity contribution in [2.75, 3.05) is 20.1 Å². The summed E-state index contributed by atoms with van der Waals surface area (Å²) in [6.45, 7) is 1.71. The van der Waals surface area contributed by atoms with E-state index in [0.717, 1.165) is 27.5 Å². The van der Waals surface area contributed by atoms with Crippen LogP contribution >= 0.6 is 27.5 Å². The van der Waals surface area contributed by atoms with E-state index in [-0.39, 0.29) is 6.04 Å². The van der Waals surface area contributed by atoms with Crippen molar-refractivity contribution in [1.82, 2.24) is 4.90 Å². The second-order valence-electron chi connectivity index (χ2n) is 4.80. The number of hydrogen-bond acceptors (Lipinski definition) is 2. The van der Waals surface area contributed by atoms with Gasteiger partial charge in [-0.05, 0) is 49.6 Å². The van der Waals surface area contributed by atoms with Crippen LogP contribution in [0.1, 0.15) is 24.4 Å². The molecule has 2 rings (SSSR count). The van der Waals surface area contributed by atoms with Crippen molar-refractivity contribution in [3.05, 3.63) is 33.3 Å². The normalized spacial score (nSPS) is 17.5. The summed E-state index contributed by atoms with van der Waals surface area (Å²) in [5.41, 5.74) is 7.02. The number of nitrogens with zero attached hydrogens (tertiary/aromatic N) is 1. The van der Waals surface area contributed by atoms with Gasteiger partial charge in [-0.15, -0.1) is 0 Å². The molecule has 1 aromatic rings. The molecule has 1 aliphatic rings. The third-order valence-electron chi connectivity index (χ3n) is 3.32. The maximum atomic E-state index is 6.26. The summed E-state index contributed by atoms with van der Waals surface area (Å²) in [5, 5.41) is 0.797. The molecule has 0 saturated heterocycles. The molecule has 0 heterocycles. The van der Waals surface area contributed by atoms with E-state index in [4.69, 9.17) is 17.3 Å². The van der Waals surface area contributed by atoms with E-state index in [1.807, 2.05) is 12.1 Å². The fourth-order valence-corrected chi connectivity index (χ4v) is 2.77. The molecule has 17 heavy (non-hydrogen) atoms. The fourth-order valence-electron chi connectivity index (χ4n) is 2.15. The van der Waals surface area contributed by atoms with E-state index in [2.05, 4.69) is 33.9 Å². The largest absolute Gasteiger partial charge is 0.329 e. The molecule has 1 unspecified atom stereocenters. The quantitative estimate of drug-likeness (QED) is 0.901. The van der Waals surface area contributed by atoms with Crippen LogP contribution in [0.2, 0.25) is 5.02 Å². The minimum atomic E-state index is 0.209. The van der Waals surface area contributed by atoms with Crippen LogP contribution < -0.4 is 5.73 Å². The van der Waals surface area contributed by atoms with Gasteiger partial charge in [-0.1, -0.05) is 27.5 Å². The van der Waals surface area contributed by atoms with Crippen LogP contribution in [0, 0.1) is 5.92 Å². The van der Waals surface area contributed by atoms with Crippen molar-refractivity contribution >= 4 is 27.5 Å². The molecule has 0 radical (unpaired) electrons. The molecular formula is C13H18BrClN2. The average molecular weight is 318 g/mol. The van der Waals surface area contributed by atoms with E-state index in [0.29, 0.717) is 6.54 Å². The van der Waals surface area contributed by atoms with Crippen LogP contribution in [-0.4, -0.2) is 25.0 Å². The van der Waals surface area contributed by atoms with Gasteiger partial charge in [-0.2, -0.15) is 0 Å². The Hall–Kier alpha value is -0.0900. The molecule has 0 bridgehead atoms. The van der Waals surface area contributed by atoms with Gasteiger partial charge in [0.25, 0.3) is 0 Å². The summed E-state index contributed by atoms with van der Waals surface area (Å²) in [5.74, 6) is 0.861. The zero-order valence-corrected chi connectivity index (χ0v) is 12.3. The van der Waals surface area contributed by atoms with Gasteiger partial charge < -0.3 is 5.73 Å². The predicted octanol–water partition coefficient (Wildman–Crippen LogP) is 3.44. The topological polar surface area (TPSA) is 29.3 Å². The van der Waals surface area contributed by atoms with Gasteiger partial charge in [0.15, 0.2) is 0 Å². The van der Waals surface area contributed by atoms with Crippen LogP contribution in [0.4, 0.5) is 0 Å². The molecule has 94 valence electrons. The smallest absolute Gasteiger partial charge is 0.0482 e. The number of nitrogens with two attached hydrogens (primary N) is 1. The summed E-state index contributed by atoms with van der Waals surface area (Å²) in [6.07, 6.45) is 2.71. The molecule has 1 fully saturated rings. The summed E-state index contributed by atoms with van der Waals surface area (Å²) in [7, 11) is 2.13. The van der Waals surface area contributed by atoms with E-state index in [1.54, 1.807) is 0 Å². The highest BCUT2D eigenvalue weighted by Crippen LogP contribution is 2.34. The van der Waals surface area contributed by atoms with Crippen molar-refractivity contribution < 1.29 is 0 Å². The second-order valence-corrected chi connectivity index (χ2v) is 6.12. The van der Waals surface area contributed by atoms with Gasteiger partial charge in [0.05, 0.1) is 0 Å². The van der Waals surface area contributed by atoms with Crippen LogP contribution in [0.25, 0.3) is 0 Å². The molecule has 1 atom stereocenters. The Morgan fingerprint density at radius 2 is 2.24 bits per heavy atom. The van der Waals surface area contributed by atoms with Gasteiger partial charge in [0.1, 0.15) is 0 Å². The Kier molecular flexibility index (Phi) is 4.47. The van der Waals surface area contributed by atoms with Crippen molar-refractivity contribution in [2.45, 2.75) is 18.9 Å². The molecule has 1 saturated carbocycles. The second kappa shape index (κ2) is 5.70. The number of benzene rings is 1. The Bertz CT molecular complexity index is 393. The van der Waals surface area contributed by atoms with Crippen LogP contribution in [0.3, 0.4) is 0 Å². The summed E-state index contributed by atoms with van der Waals surface area (Å²) >= 11 is 9.75. The fraction of sp³-hybridized carbons (Fsp3) is 0.538. The Balaban J connectivity index is 2.17. The lowest BCUT2D eigenvalue weighted by Crippen LogP contribution is -2.32. The Morgan fingerprint density at radius 1 is 1.53 bits per heavy atom. The third kappa shape index (κ3) is 3.44. The van der Waals surface area contributed by atoms with Gasteiger partial charge in [-0.25, -0.2) is 0 Å². The van der Waals surface area contributed by atoms with Crippen molar-refractivity contribution in [3.8, 4) is 0 Å². The zero-order chi connectivity index (χ0) is 12.4. The minimum absolute atomic E-state index is 0.209. The summed E-state index contributed by atoms with van der Waals surface area (Å²) in [4.78, 5) is 2.32. The highest BCUT2D eigenvalue weighted by molar-refractivity contribution is 9.10. The van der Waals surface area contributed by atoms with E-state index in [9.17, 15) is 0 Å².